The molecule has 8 nitrogen and oxygen atoms in total. The molecule has 198 valence electrons. The number of fused-ring (bicyclic) bond motifs is 2. The number of carbonyl (C=O) groups excluding carboxylic acids is 1. The Balaban J connectivity index is 1.14. The van der Waals surface area contributed by atoms with Crippen LogP contribution in [0.25, 0.3) is 5.70 Å². The van der Waals surface area contributed by atoms with Crippen LogP contribution in [0.5, 0.6) is 0 Å². The van der Waals surface area contributed by atoms with E-state index in [1.54, 1.807) is 18.0 Å². The number of hydrogen-bond donors (Lipinski definition) is 1. The molecule has 4 aliphatic rings. The highest BCUT2D eigenvalue weighted by atomic mass is 32.2. The number of rotatable bonds is 7. The number of nitrogens with zero attached hydrogens (tertiary/aromatic N) is 6. The molecule has 0 aromatic heterocycles. The second-order valence-corrected chi connectivity index (χ2v) is 10.8. The molecule has 2 fully saturated rings. The number of thioether (sulfide) groups is 1. The molecule has 6 rings (SSSR count). The molecular formula is C29H35N7OS. The number of carbonyl (C=O) groups is 1. The van der Waals surface area contributed by atoms with E-state index in [2.05, 4.69) is 84.7 Å². The van der Waals surface area contributed by atoms with Crippen molar-refractivity contribution >= 4 is 41.1 Å². The van der Waals surface area contributed by atoms with E-state index in [0.29, 0.717) is 6.67 Å². The molecule has 38 heavy (non-hydrogen) atoms. The molecule has 1 amide bonds. The van der Waals surface area contributed by atoms with Crippen LogP contribution in [0.15, 0.2) is 76.6 Å². The summed E-state index contributed by atoms with van der Waals surface area (Å²) < 4.78 is 0. The molecule has 0 radical (unpaired) electrons. The maximum absolute atomic E-state index is 13.3. The summed E-state index contributed by atoms with van der Waals surface area (Å²) in [5, 5.41) is 3.49. The van der Waals surface area contributed by atoms with Crippen molar-refractivity contribution in [1.82, 2.24) is 20.0 Å². The van der Waals surface area contributed by atoms with Crippen molar-refractivity contribution in [3.63, 3.8) is 0 Å². The van der Waals surface area contributed by atoms with E-state index in [1.807, 2.05) is 17.4 Å². The van der Waals surface area contributed by atoms with Crippen molar-refractivity contribution in [2.24, 2.45) is 4.99 Å². The van der Waals surface area contributed by atoms with Gasteiger partial charge in [-0.05, 0) is 43.4 Å². The fourth-order valence-electron chi connectivity index (χ4n) is 5.68. The number of benzene rings is 2. The Morgan fingerprint density at radius 1 is 0.921 bits per heavy atom. The zero-order chi connectivity index (χ0) is 25.9. The van der Waals surface area contributed by atoms with Crippen molar-refractivity contribution in [2.45, 2.75) is 17.7 Å². The van der Waals surface area contributed by atoms with Gasteiger partial charge in [-0.25, -0.2) is 4.99 Å². The lowest BCUT2D eigenvalue weighted by Crippen LogP contribution is -2.51. The van der Waals surface area contributed by atoms with Gasteiger partial charge in [0.15, 0.2) is 0 Å². The van der Waals surface area contributed by atoms with E-state index >= 15 is 0 Å². The van der Waals surface area contributed by atoms with Crippen molar-refractivity contribution in [3.05, 3.63) is 72.3 Å². The van der Waals surface area contributed by atoms with Crippen LogP contribution in [0.1, 0.15) is 18.4 Å². The third-order valence-electron chi connectivity index (χ3n) is 7.72. The van der Waals surface area contributed by atoms with Gasteiger partial charge in [0, 0.05) is 67.8 Å². The largest absolute Gasteiger partial charge is 0.372 e. The second-order valence-electron chi connectivity index (χ2n) is 9.98. The van der Waals surface area contributed by atoms with Gasteiger partial charge in [-0.1, -0.05) is 24.3 Å². The molecule has 4 aliphatic heterocycles. The van der Waals surface area contributed by atoms with Crippen LogP contribution in [0.2, 0.25) is 0 Å². The van der Waals surface area contributed by atoms with Crippen LogP contribution in [-0.4, -0.2) is 85.7 Å². The molecule has 0 unspecified atom stereocenters. The monoisotopic (exact) mass is 529 g/mol. The van der Waals surface area contributed by atoms with Crippen molar-refractivity contribution in [3.8, 4) is 0 Å². The van der Waals surface area contributed by atoms with Crippen LogP contribution in [0, 0.1) is 0 Å². The lowest BCUT2D eigenvalue weighted by molar-refractivity contribution is -0.130. The lowest BCUT2D eigenvalue weighted by atomic mass is 10.1. The van der Waals surface area contributed by atoms with E-state index in [-0.39, 0.29) is 12.5 Å². The molecule has 0 saturated carbocycles. The van der Waals surface area contributed by atoms with E-state index < -0.39 is 0 Å². The molecule has 0 atom stereocenters. The number of anilines is 2. The number of piperazine rings is 1. The van der Waals surface area contributed by atoms with E-state index in [0.717, 1.165) is 56.4 Å². The molecule has 2 bridgehead atoms. The predicted molar refractivity (Wildman–Crippen MR) is 156 cm³/mol. The first-order valence-corrected chi connectivity index (χ1v) is 14.7. The van der Waals surface area contributed by atoms with Gasteiger partial charge < -0.3 is 29.8 Å². The highest BCUT2D eigenvalue weighted by Gasteiger charge is 2.30. The Bertz CT molecular complexity index is 1240. The Labute approximate surface area is 229 Å². The topological polar surface area (TPSA) is 57.7 Å². The maximum Gasteiger partial charge on any atom is 0.242 e. The minimum atomic E-state index is 0.132. The van der Waals surface area contributed by atoms with Gasteiger partial charge in [-0.3, -0.25) is 4.79 Å². The zero-order valence-corrected chi connectivity index (χ0v) is 22.7. The van der Waals surface area contributed by atoms with Crippen LogP contribution < -0.4 is 15.1 Å². The Hall–Kier alpha value is -3.59. The van der Waals surface area contributed by atoms with Crippen LogP contribution in [0.3, 0.4) is 0 Å². The SMILES string of the molecule is CSc1ccccc1N1CCN(C(=O)CNC2=C(c3ccc(N4CCCC4)cc3)N3C=NC=CN2C3)CC1. The third kappa shape index (κ3) is 4.95. The molecule has 0 spiro atoms. The fraction of sp³-hybridized carbons (Fsp3) is 0.379. The Morgan fingerprint density at radius 2 is 1.68 bits per heavy atom. The molecule has 1 N–H and O–H groups in total. The number of hydrogen-bond acceptors (Lipinski definition) is 8. The average Bonchev–Trinajstić information content (AvgIpc) is 3.55. The van der Waals surface area contributed by atoms with Crippen LogP contribution >= 0.6 is 11.8 Å². The molecule has 0 aliphatic carbocycles. The summed E-state index contributed by atoms with van der Waals surface area (Å²) in [6.45, 7) is 6.36. The van der Waals surface area contributed by atoms with E-state index in [9.17, 15) is 4.79 Å². The first-order chi connectivity index (χ1) is 18.7. The van der Waals surface area contributed by atoms with Crippen LogP contribution in [0.4, 0.5) is 11.4 Å². The van der Waals surface area contributed by atoms with Crippen molar-refractivity contribution in [1.29, 1.82) is 0 Å². The summed E-state index contributed by atoms with van der Waals surface area (Å²) in [5.41, 5.74) is 4.71. The number of para-hydroxylation sites is 1. The van der Waals surface area contributed by atoms with Gasteiger partial charge in [-0.15, -0.1) is 11.8 Å². The van der Waals surface area contributed by atoms with Gasteiger partial charge >= 0.3 is 0 Å². The molecule has 2 aromatic carbocycles. The first kappa shape index (κ1) is 24.7. The van der Waals surface area contributed by atoms with Crippen molar-refractivity contribution < 1.29 is 4.79 Å². The Kier molecular flexibility index (Phi) is 7.18. The maximum atomic E-state index is 13.3. The summed E-state index contributed by atoms with van der Waals surface area (Å²) in [6, 6.07) is 17.3. The molecule has 2 saturated heterocycles. The fourth-order valence-corrected chi connectivity index (χ4v) is 6.30. The standard InChI is InChI=1S/C29H35N7OS/c1-38-26-7-3-2-6-25(26)33-16-18-34(19-17-33)27(37)20-31-29-28(36-21-30-12-15-35(29)22-36)23-8-10-24(11-9-23)32-13-4-5-14-32/h2-3,6-12,15,21,31H,4-5,13-14,16-20,22H2,1H3. The molecular weight excluding hydrogens is 494 g/mol. The normalized spacial score (nSPS) is 19.0. The molecule has 9 heteroatoms. The molecule has 4 heterocycles. The highest BCUT2D eigenvalue weighted by molar-refractivity contribution is 7.98. The summed E-state index contributed by atoms with van der Waals surface area (Å²) in [5.74, 6) is 1.08. The van der Waals surface area contributed by atoms with Gasteiger partial charge in [0.2, 0.25) is 5.91 Å². The van der Waals surface area contributed by atoms with Gasteiger partial charge in [-0.2, -0.15) is 0 Å². The third-order valence-corrected chi connectivity index (χ3v) is 8.50. The van der Waals surface area contributed by atoms with Crippen molar-refractivity contribution in [2.75, 3.05) is 68.5 Å². The Morgan fingerprint density at radius 3 is 2.45 bits per heavy atom. The van der Waals surface area contributed by atoms with Crippen LogP contribution in [-0.2, 0) is 4.79 Å². The second kappa shape index (κ2) is 11.0. The highest BCUT2D eigenvalue weighted by Crippen LogP contribution is 2.33. The average molecular weight is 530 g/mol. The summed E-state index contributed by atoms with van der Waals surface area (Å²) in [7, 11) is 0. The number of aliphatic imine (C=N–C) groups is 1. The number of nitrogens with one attached hydrogen (secondary N) is 1. The minimum absolute atomic E-state index is 0.132. The van der Waals surface area contributed by atoms with E-state index in [1.165, 1.54) is 29.1 Å². The zero-order valence-electron chi connectivity index (χ0n) is 21.9. The first-order valence-electron chi connectivity index (χ1n) is 13.4. The number of amides is 1. The quantitative estimate of drug-likeness (QED) is 0.550. The lowest BCUT2D eigenvalue weighted by Gasteiger charge is -2.37. The molecule has 2 aromatic rings. The van der Waals surface area contributed by atoms with Gasteiger partial charge in [0.05, 0.1) is 24.3 Å². The summed E-state index contributed by atoms with van der Waals surface area (Å²) in [4.78, 5) is 30.0. The van der Waals surface area contributed by atoms with E-state index in [4.69, 9.17) is 0 Å². The van der Waals surface area contributed by atoms with Gasteiger partial charge in [0.25, 0.3) is 0 Å². The summed E-state index contributed by atoms with van der Waals surface area (Å²) in [6.07, 6.45) is 10.3. The minimum Gasteiger partial charge on any atom is -0.372 e. The smallest absolute Gasteiger partial charge is 0.242 e. The summed E-state index contributed by atoms with van der Waals surface area (Å²) >= 11 is 1.77. The predicted octanol–water partition coefficient (Wildman–Crippen LogP) is 3.66. The van der Waals surface area contributed by atoms with Gasteiger partial charge in [0.1, 0.15) is 12.5 Å².